The van der Waals surface area contributed by atoms with Crippen LogP contribution in [0.25, 0.3) is 96.8 Å². The Hall–Kier alpha value is -6.01. The largest absolute Gasteiger partial charge is 0.208 e. The monoisotopic (exact) mass is 673 g/mol. The average molecular weight is 674 g/mol. The summed E-state index contributed by atoms with van der Waals surface area (Å²) < 4.78 is 3.79. The summed E-state index contributed by atoms with van der Waals surface area (Å²) in [6.45, 7) is 0. The van der Waals surface area contributed by atoms with E-state index in [1.54, 1.807) is 11.3 Å². The van der Waals surface area contributed by atoms with Gasteiger partial charge in [-0.15, -0.1) is 22.7 Å². The highest BCUT2D eigenvalue weighted by molar-refractivity contribution is 7.25. The standard InChI is InChI=1S/C45H27N3S2/c1-2-8-28(9-3-1)31-18-19-33-25-35(21-20-32(33)24-31)44-46-43(30-16-14-29(15-17-30)41-26-34-10-4-6-12-39(34)49-41)47-45(48-44)36-22-23-38-37-11-5-7-13-40(37)50-42(38)27-36/h1-27H. The molecular formula is C45H27N3S2. The molecule has 3 heterocycles. The van der Waals surface area contributed by atoms with E-state index in [1.807, 2.05) is 11.3 Å². The molecular weight excluding hydrogens is 647 g/mol. The van der Waals surface area contributed by atoms with E-state index < -0.39 is 0 Å². The molecule has 10 aromatic rings. The third-order valence-electron chi connectivity index (χ3n) is 9.33. The van der Waals surface area contributed by atoms with E-state index in [9.17, 15) is 0 Å². The Morgan fingerprint density at radius 1 is 0.300 bits per heavy atom. The molecule has 0 bridgehead atoms. The molecule has 0 saturated carbocycles. The number of hydrogen-bond donors (Lipinski definition) is 0. The van der Waals surface area contributed by atoms with Crippen molar-refractivity contribution in [2.75, 3.05) is 0 Å². The van der Waals surface area contributed by atoms with Crippen LogP contribution in [0.4, 0.5) is 0 Å². The molecule has 7 aromatic carbocycles. The van der Waals surface area contributed by atoms with Gasteiger partial charge in [0.05, 0.1) is 0 Å². The predicted octanol–water partition coefficient (Wildman–Crippen LogP) is 12.9. The normalized spacial score (nSPS) is 11.6. The number of fused-ring (bicyclic) bond motifs is 5. The van der Waals surface area contributed by atoms with Gasteiger partial charge in [-0.3, -0.25) is 0 Å². The van der Waals surface area contributed by atoms with Gasteiger partial charge in [-0.1, -0.05) is 127 Å². The van der Waals surface area contributed by atoms with Crippen LogP contribution < -0.4 is 0 Å². The lowest BCUT2D eigenvalue weighted by Gasteiger charge is -2.10. The molecule has 0 aliphatic heterocycles. The molecule has 0 radical (unpaired) electrons. The van der Waals surface area contributed by atoms with Crippen molar-refractivity contribution in [2.24, 2.45) is 0 Å². The highest BCUT2D eigenvalue weighted by Gasteiger charge is 2.15. The van der Waals surface area contributed by atoms with E-state index in [-0.39, 0.29) is 0 Å². The Bertz CT molecular complexity index is 2840. The maximum Gasteiger partial charge on any atom is 0.164 e. The summed E-state index contributed by atoms with van der Waals surface area (Å²) in [5, 5.41) is 6.12. The molecule has 0 spiro atoms. The lowest BCUT2D eigenvalue weighted by Crippen LogP contribution is -2.00. The van der Waals surface area contributed by atoms with Gasteiger partial charge in [0.25, 0.3) is 0 Å². The second-order valence-electron chi connectivity index (χ2n) is 12.5. The fraction of sp³-hybridized carbons (Fsp3) is 0. The smallest absolute Gasteiger partial charge is 0.164 e. The maximum atomic E-state index is 5.11. The summed E-state index contributed by atoms with van der Waals surface area (Å²) in [5.74, 6) is 1.98. The Kier molecular flexibility index (Phi) is 6.86. The maximum absolute atomic E-state index is 5.11. The molecule has 10 rings (SSSR count). The van der Waals surface area contributed by atoms with Crippen molar-refractivity contribution >= 4 is 63.7 Å². The fourth-order valence-electron chi connectivity index (χ4n) is 6.73. The first-order valence-electron chi connectivity index (χ1n) is 16.6. The quantitative estimate of drug-likeness (QED) is 0.182. The van der Waals surface area contributed by atoms with Crippen LogP contribution in [0.2, 0.25) is 0 Å². The Morgan fingerprint density at radius 2 is 0.860 bits per heavy atom. The van der Waals surface area contributed by atoms with E-state index >= 15 is 0 Å². The minimum atomic E-state index is 0.656. The third-order valence-corrected chi connectivity index (χ3v) is 11.6. The highest BCUT2D eigenvalue weighted by atomic mass is 32.1. The molecule has 0 saturated heterocycles. The van der Waals surface area contributed by atoms with E-state index in [4.69, 9.17) is 15.0 Å². The fourth-order valence-corrected chi connectivity index (χ4v) is 8.94. The second kappa shape index (κ2) is 11.8. The van der Waals surface area contributed by atoms with Crippen LogP contribution >= 0.6 is 22.7 Å². The summed E-state index contributed by atoms with van der Waals surface area (Å²) >= 11 is 3.62. The SMILES string of the molecule is c1ccc(-c2ccc3cc(-c4nc(-c5ccc(-c6cc7ccccc7s6)cc5)nc(-c5ccc6c(c5)sc5ccccc56)n4)ccc3c2)cc1. The third kappa shape index (κ3) is 5.15. The van der Waals surface area contributed by atoms with Gasteiger partial charge in [0.15, 0.2) is 17.5 Å². The van der Waals surface area contributed by atoms with Crippen molar-refractivity contribution in [2.45, 2.75) is 0 Å². The lowest BCUT2D eigenvalue weighted by molar-refractivity contribution is 1.08. The first-order valence-corrected chi connectivity index (χ1v) is 18.2. The van der Waals surface area contributed by atoms with Gasteiger partial charge in [0.1, 0.15) is 0 Å². The summed E-state index contributed by atoms with van der Waals surface area (Å²) in [6, 6.07) is 58.1. The van der Waals surface area contributed by atoms with Crippen molar-refractivity contribution in [3.8, 4) is 55.7 Å². The van der Waals surface area contributed by atoms with Crippen LogP contribution in [0.5, 0.6) is 0 Å². The zero-order valence-corrected chi connectivity index (χ0v) is 28.4. The van der Waals surface area contributed by atoms with Gasteiger partial charge < -0.3 is 0 Å². The van der Waals surface area contributed by atoms with Crippen LogP contribution in [0.1, 0.15) is 0 Å². The summed E-state index contributed by atoms with van der Waals surface area (Å²) in [4.78, 5) is 16.5. The number of hydrogen-bond acceptors (Lipinski definition) is 5. The Morgan fingerprint density at radius 3 is 1.64 bits per heavy atom. The van der Waals surface area contributed by atoms with Crippen LogP contribution in [-0.2, 0) is 0 Å². The molecule has 0 aliphatic rings. The summed E-state index contributed by atoms with van der Waals surface area (Å²) in [7, 11) is 0. The van der Waals surface area contributed by atoms with E-state index in [0.29, 0.717) is 17.5 Å². The van der Waals surface area contributed by atoms with Gasteiger partial charge in [0.2, 0.25) is 0 Å². The van der Waals surface area contributed by atoms with Crippen LogP contribution in [0.3, 0.4) is 0 Å². The minimum absolute atomic E-state index is 0.656. The molecule has 0 fully saturated rings. The molecule has 5 heteroatoms. The molecule has 0 amide bonds. The summed E-state index contributed by atoms with van der Waals surface area (Å²) in [5.41, 5.74) is 6.48. The number of rotatable bonds is 5. The molecule has 3 nitrogen and oxygen atoms in total. The van der Waals surface area contributed by atoms with E-state index in [1.165, 1.54) is 57.2 Å². The minimum Gasteiger partial charge on any atom is -0.208 e. The Labute approximate surface area is 296 Å². The average Bonchev–Trinajstić information content (AvgIpc) is 3.79. The van der Waals surface area contributed by atoms with Crippen molar-refractivity contribution in [1.29, 1.82) is 0 Å². The predicted molar refractivity (Wildman–Crippen MR) is 213 cm³/mol. The topological polar surface area (TPSA) is 38.7 Å². The number of benzene rings is 7. The zero-order valence-electron chi connectivity index (χ0n) is 26.7. The van der Waals surface area contributed by atoms with Gasteiger partial charge in [-0.2, -0.15) is 0 Å². The number of thiophene rings is 2. The lowest BCUT2D eigenvalue weighted by atomic mass is 10.00. The number of nitrogens with zero attached hydrogens (tertiary/aromatic N) is 3. The van der Waals surface area contributed by atoms with Gasteiger partial charge in [-0.25, -0.2) is 15.0 Å². The molecule has 3 aromatic heterocycles. The summed E-state index contributed by atoms with van der Waals surface area (Å²) in [6.07, 6.45) is 0. The zero-order chi connectivity index (χ0) is 33.0. The molecule has 0 unspecified atom stereocenters. The van der Waals surface area contributed by atoms with Gasteiger partial charge in [-0.05, 0) is 69.2 Å². The van der Waals surface area contributed by atoms with Gasteiger partial charge >= 0.3 is 0 Å². The van der Waals surface area contributed by atoms with E-state index in [2.05, 4.69) is 164 Å². The molecule has 0 N–H and O–H groups in total. The Balaban J connectivity index is 1.09. The van der Waals surface area contributed by atoms with Gasteiger partial charge in [0, 0.05) is 46.4 Å². The molecule has 0 atom stereocenters. The first-order chi connectivity index (χ1) is 24.7. The molecule has 234 valence electrons. The van der Waals surface area contributed by atoms with Crippen molar-refractivity contribution in [3.05, 3.63) is 164 Å². The molecule has 0 aliphatic carbocycles. The van der Waals surface area contributed by atoms with Crippen LogP contribution in [0.15, 0.2) is 164 Å². The van der Waals surface area contributed by atoms with Crippen molar-refractivity contribution in [3.63, 3.8) is 0 Å². The highest BCUT2D eigenvalue weighted by Crippen LogP contribution is 2.38. The molecule has 50 heavy (non-hydrogen) atoms. The second-order valence-corrected chi connectivity index (χ2v) is 14.7. The first kappa shape index (κ1) is 29.0. The van der Waals surface area contributed by atoms with Crippen LogP contribution in [0, 0.1) is 0 Å². The van der Waals surface area contributed by atoms with Crippen molar-refractivity contribution < 1.29 is 0 Å². The van der Waals surface area contributed by atoms with E-state index in [0.717, 1.165) is 22.1 Å². The number of aromatic nitrogens is 3. The van der Waals surface area contributed by atoms with Crippen LogP contribution in [-0.4, -0.2) is 15.0 Å². The van der Waals surface area contributed by atoms with Crippen molar-refractivity contribution in [1.82, 2.24) is 15.0 Å².